The molecule has 1 unspecified atom stereocenters. The average Bonchev–Trinajstić information content (AvgIpc) is 2.73. The Labute approximate surface area is 101 Å². The van der Waals surface area contributed by atoms with Gasteiger partial charge >= 0.3 is 0 Å². The van der Waals surface area contributed by atoms with Crippen LogP contribution in [-0.2, 0) is 0 Å². The molecule has 2 heterocycles. The highest BCUT2D eigenvalue weighted by atomic mass is 79.9. The fourth-order valence-corrected chi connectivity index (χ4v) is 2.35. The number of nitrogens with zero attached hydrogens (tertiary/aromatic N) is 3. The third-order valence-corrected chi connectivity index (χ3v) is 4.17. The van der Waals surface area contributed by atoms with E-state index in [-0.39, 0.29) is 0 Å². The molecule has 0 aliphatic carbocycles. The summed E-state index contributed by atoms with van der Waals surface area (Å²) in [5, 5.41) is 2.95. The summed E-state index contributed by atoms with van der Waals surface area (Å²) in [4.78, 5) is 10.9. The van der Waals surface area contributed by atoms with Crippen molar-refractivity contribution in [2.24, 2.45) is 0 Å². The molecule has 0 amide bonds. The van der Waals surface area contributed by atoms with Gasteiger partial charge in [0.2, 0.25) is 5.95 Å². The summed E-state index contributed by atoms with van der Waals surface area (Å²) in [7, 11) is 2.01. The van der Waals surface area contributed by atoms with Gasteiger partial charge in [-0.3, -0.25) is 0 Å². The monoisotopic (exact) mass is 285 g/mol. The van der Waals surface area contributed by atoms with Gasteiger partial charge in [-0.1, -0.05) is 15.9 Å². The molecule has 0 aromatic carbocycles. The van der Waals surface area contributed by atoms with E-state index in [9.17, 15) is 0 Å². The third-order valence-electron chi connectivity index (χ3n) is 2.39. The highest BCUT2D eigenvalue weighted by Crippen LogP contribution is 2.20. The van der Waals surface area contributed by atoms with E-state index in [4.69, 9.17) is 0 Å². The van der Waals surface area contributed by atoms with Crippen molar-refractivity contribution in [1.29, 1.82) is 0 Å². The summed E-state index contributed by atoms with van der Waals surface area (Å²) in [6.45, 7) is 2.13. The van der Waals surface area contributed by atoms with Crippen molar-refractivity contribution in [3.8, 4) is 0 Å². The molecule has 2 rings (SSSR count). The predicted molar refractivity (Wildman–Crippen MR) is 69.1 cm³/mol. The number of rotatable bonds is 3. The van der Waals surface area contributed by atoms with E-state index in [1.54, 1.807) is 11.3 Å². The number of alkyl halides is 1. The summed E-state index contributed by atoms with van der Waals surface area (Å²) in [5.41, 5.74) is 1.03. The van der Waals surface area contributed by atoms with Gasteiger partial charge in [-0.15, -0.1) is 11.3 Å². The lowest BCUT2D eigenvalue weighted by atomic mass is 10.3. The molecule has 0 N–H and O–H groups in total. The van der Waals surface area contributed by atoms with Gasteiger partial charge in [-0.2, -0.15) is 0 Å². The highest BCUT2D eigenvalue weighted by molar-refractivity contribution is 9.09. The Morgan fingerprint density at radius 1 is 1.60 bits per heavy atom. The molecular weight excluding hydrogens is 274 g/mol. The lowest BCUT2D eigenvalue weighted by Gasteiger charge is -2.22. The fourth-order valence-electron chi connectivity index (χ4n) is 1.23. The number of hydrogen-bond acceptors (Lipinski definition) is 4. The first-order chi connectivity index (χ1) is 7.22. The van der Waals surface area contributed by atoms with Crippen LogP contribution in [0.2, 0.25) is 0 Å². The van der Waals surface area contributed by atoms with Crippen LogP contribution in [0, 0.1) is 0 Å². The first-order valence-corrected chi connectivity index (χ1v) is 6.71. The Hall–Kier alpha value is -0.680. The molecule has 5 heteroatoms. The van der Waals surface area contributed by atoms with Gasteiger partial charge in [0.15, 0.2) is 0 Å². The summed E-state index contributed by atoms with van der Waals surface area (Å²) >= 11 is 5.13. The van der Waals surface area contributed by atoms with E-state index in [1.165, 1.54) is 0 Å². The van der Waals surface area contributed by atoms with Gasteiger partial charge < -0.3 is 4.90 Å². The first-order valence-electron chi connectivity index (χ1n) is 4.71. The molecule has 2 aromatic rings. The number of fused-ring (bicyclic) bond motifs is 1. The third kappa shape index (κ3) is 2.13. The molecule has 15 heavy (non-hydrogen) atoms. The van der Waals surface area contributed by atoms with Crippen molar-refractivity contribution >= 4 is 43.4 Å². The normalized spacial score (nSPS) is 13.0. The van der Waals surface area contributed by atoms with Crippen LogP contribution < -0.4 is 4.90 Å². The van der Waals surface area contributed by atoms with Crippen molar-refractivity contribution in [1.82, 2.24) is 9.97 Å². The quantitative estimate of drug-likeness (QED) is 0.812. The Morgan fingerprint density at radius 2 is 2.40 bits per heavy atom. The standard InChI is InChI=1S/C10H12BrN3S/c1-7(5-11)14(2)10-12-6-9-8(13-10)3-4-15-9/h3-4,6-7H,5H2,1-2H3. The Kier molecular flexibility index (Phi) is 3.21. The van der Waals surface area contributed by atoms with Crippen LogP contribution in [0.3, 0.4) is 0 Å². The van der Waals surface area contributed by atoms with Crippen molar-refractivity contribution in [3.05, 3.63) is 17.6 Å². The second-order valence-electron chi connectivity index (χ2n) is 3.45. The summed E-state index contributed by atoms with van der Waals surface area (Å²) in [6.07, 6.45) is 1.89. The minimum atomic E-state index is 0.390. The Balaban J connectivity index is 2.35. The van der Waals surface area contributed by atoms with Gasteiger partial charge in [0.25, 0.3) is 0 Å². The fraction of sp³-hybridized carbons (Fsp3) is 0.400. The molecule has 0 bridgehead atoms. The predicted octanol–water partition coefficient (Wildman–Crippen LogP) is 2.91. The highest BCUT2D eigenvalue weighted by Gasteiger charge is 2.11. The zero-order chi connectivity index (χ0) is 10.8. The van der Waals surface area contributed by atoms with E-state index >= 15 is 0 Å². The van der Waals surface area contributed by atoms with Gasteiger partial charge in [-0.05, 0) is 18.4 Å². The zero-order valence-electron chi connectivity index (χ0n) is 8.64. The topological polar surface area (TPSA) is 29.0 Å². The van der Waals surface area contributed by atoms with Crippen LogP contribution in [0.15, 0.2) is 17.6 Å². The second kappa shape index (κ2) is 4.45. The minimum absolute atomic E-state index is 0.390. The largest absolute Gasteiger partial charge is 0.340 e. The summed E-state index contributed by atoms with van der Waals surface area (Å²) in [6, 6.07) is 2.42. The van der Waals surface area contributed by atoms with E-state index < -0.39 is 0 Å². The molecule has 1 atom stereocenters. The van der Waals surface area contributed by atoms with Crippen LogP contribution in [-0.4, -0.2) is 28.4 Å². The second-order valence-corrected chi connectivity index (χ2v) is 5.05. The zero-order valence-corrected chi connectivity index (χ0v) is 11.0. The average molecular weight is 286 g/mol. The van der Waals surface area contributed by atoms with Crippen molar-refractivity contribution in [2.45, 2.75) is 13.0 Å². The molecule has 0 spiro atoms. The molecule has 0 aliphatic rings. The summed E-state index contributed by atoms with van der Waals surface area (Å²) in [5.74, 6) is 0.785. The molecule has 0 aliphatic heterocycles. The van der Waals surface area contributed by atoms with Gasteiger partial charge in [0, 0.05) is 18.4 Å². The van der Waals surface area contributed by atoms with Crippen LogP contribution in [0.25, 0.3) is 10.2 Å². The number of anilines is 1. The Bertz CT molecular complexity index is 457. The van der Waals surface area contributed by atoms with Crippen molar-refractivity contribution in [3.63, 3.8) is 0 Å². The number of hydrogen-bond donors (Lipinski definition) is 0. The van der Waals surface area contributed by atoms with Crippen molar-refractivity contribution < 1.29 is 0 Å². The first kappa shape index (κ1) is 10.8. The van der Waals surface area contributed by atoms with Gasteiger partial charge in [0.1, 0.15) is 0 Å². The molecule has 0 radical (unpaired) electrons. The van der Waals surface area contributed by atoms with Gasteiger partial charge in [0.05, 0.1) is 16.4 Å². The molecular formula is C10H12BrN3S. The van der Waals surface area contributed by atoms with Crippen LogP contribution in [0.4, 0.5) is 5.95 Å². The number of aromatic nitrogens is 2. The van der Waals surface area contributed by atoms with E-state index in [1.807, 2.05) is 24.7 Å². The van der Waals surface area contributed by atoms with E-state index in [0.717, 1.165) is 21.5 Å². The number of halogens is 1. The van der Waals surface area contributed by atoms with Crippen LogP contribution in [0.1, 0.15) is 6.92 Å². The number of thiophene rings is 1. The minimum Gasteiger partial charge on any atom is -0.340 e. The van der Waals surface area contributed by atoms with Crippen molar-refractivity contribution in [2.75, 3.05) is 17.3 Å². The molecule has 0 fully saturated rings. The molecule has 80 valence electrons. The summed E-state index contributed by atoms with van der Waals surface area (Å²) < 4.78 is 1.14. The van der Waals surface area contributed by atoms with Crippen LogP contribution in [0.5, 0.6) is 0 Å². The Morgan fingerprint density at radius 3 is 3.13 bits per heavy atom. The molecule has 0 saturated heterocycles. The maximum atomic E-state index is 4.51. The lowest BCUT2D eigenvalue weighted by molar-refractivity contribution is 0.745. The smallest absolute Gasteiger partial charge is 0.225 e. The van der Waals surface area contributed by atoms with E-state index in [2.05, 4.69) is 37.7 Å². The molecule has 0 saturated carbocycles. The maximum absolute atomic E-state index is 4.51. The SMILES string of the molecule is CC(CBr)N(C)c1ncc2sccc2n1. The molecule has 2 aromatic heterocycles. The lowest BCUT2D eigenvalue weighted by Crippen LogP contribution is -2.31. The van der Waals surface area contributed by atoms with E-state index in [0.29, 0.717) is 6.04 Å². The maximum Gasteiger partial charge on any atom is 0.225 e. The van der Waals surface area contributed by atoms with Gasteiger partial charge in [-0.25, -0.2) is 9.97 Å². The molecule has 3 nitrogen and oxygen atoms in total. The van der Waals surface area contributed by atoms with Crippen LogP contribution >= 0.6 is 27.3 Å².